The minimum Gasteiger partial charge on any atom is -0.461 e. The Morgan fingerprint density at radius 3 is 2.88 bits per heavy atom. The summed E-state index contributed by atoms with van der Waals surface area (Å²) in [6.07, 6.45) is 0. The van der Waals surface area contributed by atoms with Gasteiger partial charge in [-0.1, -0.05) is 17.7 Å². The number of esters is 1. The molecule has 88 valence electrons. The van der Waals surface area contributed by atoms with E-state index in [4.69, 9.17) is 20.9 Å². The van der Waals surface area contributed by atoms with E-state index in [1.807, 2.05) is 0 Å². The molecule has 1 unspecified atom stereocenters. The molecular formula is C9H10ClNO4S. The molecule has 7 heteroatoms. The molecule has 0 aliphatic rings. The number of anilines is 1. The Labute approximate surface area is 100 Å². The maximum absolute atomic E-state index is 10.6. The van der Waals surface area contributed by atoms with Gasteiger partial charge in [-0.2, -0.15) is 0 Å². The van der Waals surface area contributed by atoms with Gasteiger partial charge in [-0.25, -0.2) is 4.21 Å². The second-order valence-electron chi connectivity index (χ2n) is 2.93. The molecule has 0 aromatic heterocycles. The topological polar surface area (TPSA) is 75.6 Å². The minimum atomic E-state index is -2.20. The monoisotopic (exact) mass is 263 g/mol. The van der Waals surface area contributed by atoms with Gasteiger partial charge in [-0.05, 0) is 12.1 Å². The predicted molar refractivity (Wildman–Crippen MR) is 61.3 cm³/mol. The van der Waals surface area contributed by atoms with Crippen LogP contribution in [0.1, 0.15) is 12.5 Å². The first-order valence-electron chi connectivity index (χ1n) is 4.28. The van der Waals surface area contributed by atoms with Crippen LogP contribution < -0.4 is 4.72 Å². The van der Waals surface area contributed by atoms with E-state index >= 15 is 0 Å². The van der Waals surface area contributed by atoms with E-state index in [9.17, 15) is 9.00 Å². The largest absolute Gasteiger partial charge is 0.461 e. The highest BCUT2D eigenvalue weighted by atomic mass is 35.5. The van der Waals surface area contributed by atoms with Crippen molar-refractivity contribution in [2.75, 3.05) is 4.72 Å². The predicted octanol–water partition coefficient (Wildman–Crippen LogP) is 1.95. The summed E-state index contributed by atoms with van der Waals surface area (Å²) in [6, 6.07) is 4.70. The zero-order valence-electron chi connectivity index (χ0n) is 8.40. The van der Waals surface area contributed by atoms with Crippen molar-refractivity contribution in [1.82, 2.24) is 0 Å². The second-order valence-corrected chi connectivity index (χ2v) is 4.07. The Morgan fingerprint density at radius 2 is 2.31 bits per heavy atom. The fraction of sp³-hybridized carbons (Fsp3) is 0.222. The van der Waals surface area contributed by atoms with Gasteiger partial charge in [0.05, 0.1) is 5.69 Å². The summed E-state index contributed by atoms with van der Waals surface area (Å²) in [5.74, 6) is -0.425. The molecule has 1 aromatic rings. The van der Waals surface area contributed by atoms with Crippen LogP contribution in [0.2, 0.25) is 5.02 Å². The molecule has 0 saturated heterocycles. The fourth-order valence-electron chi connectivity index (χ4n) is 1.04. The number of halogens is 1. The summed E-state index contributed by atoms with van der Waals surface area (Å²) < 4.78 is 26.4. The van der Waals surface area contributed by atoms with E-state index in [1.54, 1.807) is 12.1 Å². The molecule has 0 fully saturated rings. The second kappa shape index (κ2) is 5.83. The molecule has 0 spiro atoms. The summed E-state index contributed by atoms with van der Waals surface area (Å²) in [6.45, 7) is 1.30. The van der Waals surface area contributed by atoms with Crippen molar-refractivity contribution in [3.05, 3.63) is 28.8 Å². The Hall–Kier alpha value is -1.11. The maximum atomic E-state index is 10.6. The maximum Gasteiger partial charge on any atom is 0.302 e. The van der Waals surface area contributed by atoms with Crippen LogP contribution in [0, 0.1) is 0 Å². The van der Waals surface area contributed by atoms with Crippen molar-refractivity contribution >= 4 is 34.5 Å². The normalized spacial score (nSPS) is 11.9. The molecule has 0 bridgehead atoms. The Morgan fingerprint density at radius 1 is 1.62 bits per heavy atom. The fourth-order valence-corrected chi connectivity index (χ4v) is 1.59. The van der Waals surface area contributed by atoms with Crippen LogP contribution in [0.15, 0.2) is 18.2 Å². The van der Waals surface area contributed by atoms with Crippen molar-refractivity contribution in [3.8, 4) is 0 Å². The minimum absolute atomic E-state index is 0.0199. The molecule has 2 N–H and O–H groups in total. The molecule has 0 aliphatic carbocycles. The summed E-state index contributed by atoms with van der Waals surface area (Å²) in [7, 11) is 0. The van der Waals surface area contributed by atoms with Crippen LogP contribution in [0.5, 0.6) is 0 Å². The first-order chi connectivity index (χ1) is 7.49. The molecule has 0 aliphatic heterocycles. The van der Waals surface area contributed by atoms with Crippen molar-refractivity contribution in [2.24, 2.45) is 0 Å². The van der Waals surface area contributed by atoms with Gasteiger partial charge >= 0.3 is 5.97 Å². The summed E-state index contributed by atoms with van der Waals surface area (Å²) in [5.41, 5.74) is 0.927. The molecule has 0 saturated carbocycles. The van der Waals surface area contributed by atoms with Crippen LogP contribution in [0.3, 0.4) is 0 Å². The average Bonchev–Trinajstić information content (AvgIpc) is 2.15. The van der Waals surface area contributed by atoms with Crippen LogP contribution in [0.4, 0.5) is 5.69 Å². The van der Waals surface area contributed by atoms with Crippen LogP contribution in [0.25, 0.3) is 0 Å². The Bertz CT molecular complexity index is 424. The molecule has 0 radical (unpaired) electrons. The van der Waals surface area contributed by atoms with Crippen molar-refractivity contribution in [3.63, 3.8) is 0 Å². The van der Waals surface area contributed by atoms with Crippen LogP contribution >= 0.6 is 11.6 Å². The van der Waals surface area contributed by atoms with Crippen molar-refractivity contribution in [1.29, 1.82) is 0 Å². The van der Waals surface area contributed by atoms with Crippen molar-refractivity contribution in [2.45, 2.75) is 13.5 Å². The highest BCUT2D eigenvalue weighted by Crippen LogP contribution is 2.22. The third-order valence-electron chi connectivity index (χ3n) is 1.70. The number of hydrogen-bond donors (Lipinski definition) is 2. The molecule has 16 heavy (non-hydrogen) atoms. The third kappa shape index (κ3) is 4.18. The molecule has 0 heterocycles. The summed E-state index contributed by atoms with van der Waals surface area (Å²) in [4.78, 5) is 10.6. The first-order valence-corrected chi connectivity index (χ1v) is 5.77. The van der Waals surface area contributed by atoms with Gasteiger partial charge < -0.3 is 4.74 Å². The van der Waals surface area contributed by atoms with Gasteiger partial charge in [0, 0.05) is 17.5 Å². The Balaban J connectivity index is 2.88. The molecule has 1 rings (SSSR count). The zero-order valence-corrected chi connectivity index (χ0v) is 9.97. The van der Waals surface area contributed by atoms with E-state index in [0.717, 1.165) is 0 Å². The lowest BCUT2D eigenvalue weighted by molar-refractivity contribution is -0.142. The number of hydrogen-bond acceptors (Lipinski definition) is 3. The molecule has 5 nitrogen and oxygen atoms in total. The SMILES string of the molecule is CC(=O)OCc1ccc(Cl)cc1NS(=O)O. The number of rotatable bonds is 4. The Kier molecular flexibility index (Phi) is 4.72. The average molecular weight is 264 g/mol. The van der Waals surface area contributed by atoms with E-state index in [2.05, 4.69) is 4.72 Å². The van der Waals surface area contributed by atoms with E-state index in [1.165, 1.54) is 13.0 Å². The molecular weight excluding hydrogens is 254 g/mol. The van der Waals surface area contributed by atoms with Gasteiger partial charge in [0.25, 0.3) is 11.3 Å². The summed E-state index contributed by atoms with van der Waals surface area (Å²) in [5, 5.41) is 0.416. The van der Waals surface area contributed by atoms with Gasteiger partial charge in [-0.3, -0.25) is 14.1 Å². The van der Waals surface area contributed by atoms with E-state index in [0.29, 0.717) is 16.3 Å². The van der Waals surface area contributed by atoms with E-state index < -0.39 is 17.2 Å². The first kappa shape index (κ1) is 13.0. The number of ether oxygens (including phenoxy) is 1. The van der Waals surface area contributed by atoms with Gasteiger partial charge in [-0.15, -0.1) is 0 Å². The van der Waals surface area contributed by atoms with Crippen LogP contribution in [-0.4, -0.2) is 14.7 Å². The van der Waals surface area contributed by atoms with Gasteiger partial charge in [0.1, 0.15) is 6.61 Å². The van der Waals surface area contributed by atoms with Gasteiger partial charge in [0.2, 0.25) is 0 Å². The number of benzene rings is 1. The lowest BCUT2D eigenvalue weighted by atomic mass is 10.2. The summed E-state index contributed by atoms with van der Waals surface area (Å²) >= 11 is 3.54. The number of nitrogens with one attached hydrogen (secondary N) is 1. The molecule has 1 atom stereocenters. The molecule has 1 aromatic carbocycles. The smallest absolute Gasteiger partial charge is 0.302 e. The lowest BCUT2D eigenvalue weighted by Crippen LogP contribution is -2.07. The lowest BCUT2D eigenvalue weighted by Gasteiger charge is -2.09. The third-order valence-corrected chi connectivity index (χ3v) is 2.33. The van der Waals surface area contributed by atoms with Crippen LogP contribution in [-0.2, 0) is 27.4 Å². The zero-order chi connectivity index (χ0) is 12.1. The number of carbonyl (C=O) groups is 1. The highest BCUT2D eigenvalue weighted by molar-refractivity contribution is 7.80. The quantitative estimate of drug-likeness (QED) is 0.643. The molecule has 0 amide bonds. The van der Waals surface area contributed by atoms with Crippen molar-refractivity contribution < 1.29 is 18.3 Å². The standard InChI is InChI=1S/C9H10ClNO4S/c1-6(12)15-5-7-2-3-8(10)4-9(7)11-16(13)14/h2-4,11H,5H2,1H3,(H,13,14). The number of carbonyl (C=O) groups excluding carboxylic acids is 1. The van der Waals surface area contributed by atoms with Gasteiger partial charge in [0.15, 0.2) is 0 Å². The van der Waals surface area contributed by atoms with E-state index in [-0.39, 0.29) is 6.61 Å². The highest BCUT2D eigenvalue weighted by Gasteiger charge is 2.06.